The Labute approximate surface area is 187 Å². The predicted octanol–water partition coefficient (Wildman–Crippen LogP) is 4.38. The number of aromatic amines is 1. The molecule has 0 atom stereocenters. The van der Waals surface area contributed by atoms with Crippen LogP contribution in [0.25, 0.3) is 33.0 Å². The number of aryl methyl sites for hydroxylation is 1. The van der Waals surface area contributed by atoms with Crippen LogP contribution in [-0.4, -0.2) is 33.1 Å². The van der Waals surface area contributed by atoms with E-state index in [-0.39, 0.29) is 6.61 Å². The quantitative estimate of drug-likeness (QED) is 0.391. The molecule has 2 aromatic heterocycles. The lowest BCUT2D eigenvalue weighted by Crippen LogP contribution is -2.22. The SMILES string of the molecule is O=C1NC(=O)C(c2cn(CCCO)c3ccc(Cl)cc23)=C1c1c[nH]c2ccc(Cl)cc12. The summed E-state index contributed by atoms with van der Waals surface area (Å²) < 4.78 is 1.96. The maximum atomic E-state index is 12.9. The highest BCUT2D eigenvalue weighted by molar-refractivity contribution is 6.51. The predicted molar refractivity (Wildman–Crippen MR) is 122 cm³/mol. The van der Waals surface area contributed by atoms with Gasteiger partial charge in [0.2, 0.25) is 0 Å². The number of nitrogens with zero attached hydrogens (tertiary/aromatic N) is 1. The van der Waals surface area contributed by atoms with Gasteiger partial charge < -0.3 is 14.7 Å². The van der Waals surface area contributed by atoms with E-state index >= 15 is 0 Å². The minimum absolute atomic E-state index is 0.0472. The Balaban J connectivity index is 1.81. The number of fused-ring (bicyclic) bond motifs is 2. The van der Waals surface area contributed by atoms with Gasteiger partial charge in [0.15, 0.2) is 0 Å². The third-order valence-corrected chi connectivity index (χ3v) is 5.98. The number of benzene rings is 2. The molecule has 8 heteroatoms. The van der Waals surface area contributed by atoms with E-state index in [4.69, 9.17) is 23.2 Å². The molecular weight excluding hydrogens is 437 g/mol. The summed E-state index contributed by atoms with van der Waals surface area (Å²) in [6.45, 7) is 0.612. The van der Waals surface area contributed by atoms with Gasteiger partial charge in [-0.25, -0.2) is 0 Å². The molecule has 0 saturated carbocycles. The summed E-state index contributed by atoms with van der Waals surface area (Å²) in [7, 11) is 0. The lowest BCUT2D eigenvalue weighted by atomic mass is 9.95. The second-order valence-corrected chi connectivity index (χ2v) is 8.27. The molecule has 1 aliphatic heterocycles. The third-order valence-electron chi connectivity index (χ3n) is 5.51. The molecule has 0 saturated heterocycles. The summed E-state index contributed by atoms with van der Waals surface area (Å²) in [4.78, 5) is 29.0. The molecule has 31 heavy (non-hydrogen) atoms. The van der Waals surface area contributed by atoms with Crippen LogP contribution in [0.15, 0.2) is 48.8 Å². The number of carbonyl (C=O) groups is 2. The maximum absolute atomic E-state index is 12.9. The lowest BCUT2D eigenvalue weighted by Gasteiger charge is -2.03. The molecule has 0 radical (unpaired) electrons. The van der Waals surface area contributed by atoms with Gasteiger partial charge >= 0.3 is 0 Å². The number of aromatic nitrogens is 2. The van der Waals surface area contributed by atoms with Gasteiger partial charge in [0, 0.05) is 68.5 Å². The van der Waals surface area contributed by atoms with Crippen molar-refractivity contribution in [2.24, 2.45) is 0 Å². The Morgan fingerprint density at radius 3 is 2.32 bits per heavy atom. The van der Waals surface area contributed by atoms with Crippen molar-refractivity contribution in [2.75, 3.05) is 6.61 Å². The number of nitrogens with one attached hydrogen (secondary N) is 2. The number of halogens is 2. The molecule has 0 fully saturated rings. The fourth-order valence-corrected chi connectivity index (χ4v) is 4.51. The number of hydrogen-bond acceptors (Lipinski definition) is 3. The fourth-order valence-electron chi connectivity index (χ4n) is 4.16. The molecule has 0 unspecified atom stereocenters. The van der Waals surface area contributed by atoms with Gasteiger partial charge in [-0.05, 0) is 42.8 Å². The van der Waals surface area contributed by atoms with Crippen molar-refractivity contribution in [2.45, 2.75) is 13.0 Å². The van der Waals surface area contributed by atoms with Gasteiger partial charge in [0.05, 0.1) is 11.1 Å². The van der Waals surface area contributed by atoms with E-state index in [9.17, 15) is 14.7 Å². The van der Waals surface area contributed by atoms with E-state index in [1.807, 2.05) is 22.9 Å². The fraction of sp³-hybridized carbons (Fsp3) is 0.130. The minimum atomic E-state index is -0.461. The molecular formula is C23H17Cl2N3O3. The molecule has 0 spiro atoms. The summed E-state index contributed by atoms with van der Waals surface area (Å²) in [5.41, 5.74) is 3.49. The Bertz CT molecular complexity index is 1410. The average molecular weight is 454 g/mol. The van der Waals surface area contributed by atoms with Crippen LogP contribution in [0.2, 0.25) is 10.0 Å². The molecule has 3 N–H and O–H groups in total. The largest absolute Gasteiger partial charge is 0.396 e. The first-order valence-electron chi connectivity index (χ1n) is 9.74. The summed E-state index contributed by atoms with van der Waals surface area (Å²) in [5, 5.41) is 14.3. The van der Waals surface area contributed by atoms with Crippen LogP contribution < -0.4 is 5.32 Å². The molecule has 2 aromatic carbocycles. The summed E-state index contributed by atoms with van der Waals surface area (Å²) >= 11 is 12.4. The number of aliphatic hydroxyl groups excluding tert-OH is 1. The summed E-state index contributed by atoms with van der Waals surface area (Å²) in [5.74, 6) is -0.920. The lowest BCUT2D eigenvalue weighted by molar-refractivity contribution is -0.122. The van der Waals surface area contributed by atoms with Gasteiger partial charge in [-0.1, -0.05) is 23.2 Å². The number of amides is 2. The van der Waals surface area contributed by atoms with Gasteiger partial charge in [-0.3, -0.25) is 14.9 Å². The van der Waals surface area contributed by atoms with Crippen LogP contribution in [0.4, 0.5) is 0 Å². The summed E-state index contributed by atoms with van der Waals surface area (Å²) in [6, 6.07) is 10.8. The van der Waals surface area contributed by atoms with E-state index in [2.05, 4.69) is 10.3 Å². The van der Waals surface area contributed by atoms with Crippen LogP contribution >= 0.6 is 23.2 Å². The Hall–Kier alpha value is -3.06. The molecule has 5 rings (SSSR count). The van der Waals surface area contributed by atoms with Crippen LogP contribution in [0.5, 0.6) is 0 Å². The number of rotatable bonds is 5. The average Bonchev–Trinajstić information content (AvgIpc) is 3.38. The van der Waals surface area contributed by atoms with Crippen molar-refractivity contribution in [3.05, 3.63) is 70.0 Å². The van der Waals surface area contributed by atoms with Crippen molar-refractivity contribution in [1.29, 1.82) is 0 Å². The number of imide groups is 1. The molecule has 3 heterocycles. The zero-order chi connectivity index (χ0) is 21.7. The highest BCUT2D eigenvalue weighted by Crippen LogP contribution is 2.39. The van der Waals surface area contributed by atoms with E-state index in [0.717, 1.165) is 21.8 Å². The van der Waals surface area contributed by atoms with E-state index in [1.54, 1.807) is 30.5 Å². The molecule has 6 nitrogen and oxygen atoms in total. The molecule has 0 aliphatic carbocycles. The molecule has 1 aliphatic rings. The molecule has 2 amide bonds. The second-order valence-electron chi connectivity index (χ2n) is 7.40. The van der Waals surface area contributed by atoms with Crippen molar-refractivity contribution >= 4 is 68.0 Å². The molecule has 4 aromatic rings. The maximum Gasteiger partial charge on any atom is 0.259 e. The van der Waals surface area contributed by atoms with Crippen molar-refractivity contribution in [3.63, 3.8) is 0 Å². The van der Waals surface area contributed by atoms with Crippen molar-refractivity contribution in [1.82, 2.24) is 14.9 Å². The first-order valence-corrected chi connectivity index (χ1v) is 10.5. The summed E-state index contributed by atoms with van der Waals surface area (Å²) in [6.07, 6.45) is 4.11. The monoisotopic (exact) mass is 453 g/mol. The van der Waals surface area contributed by atoms with E-state index in [1.165, 1.54) is 0 Å². The number of aliphatic hydroxyl groups is 1. The van der Waals surface area contributed by atoms with Crippen LogP contribution in [0.3, 0.4) is 0 Å². The van der Waals surface area contributed by atoms with E-state index in [0.29, 0.717) is 45.3 Å². The number of H-pyrrole nitrogens is 1. The minimum Gasteiger partial charge on any atom is -0.396 e. The van der Waals surface area contributed by atoms with Gasteiger partial charge in [0.25, 0.3) is 11.8 Å². The highest BCUT2D eigenvalue weighted by Gasteiger charge is 2.35. The van der Waals surface area contributed by atoms with Gasteiger partial charge in [-0.15, -0.1) is 0 Å². The smallest absolute Gasteiger partial charge is 0.259 e. The van der Waals surface area contributed by atoms with Crippen LogP contribution in [-0.2, 0) is 16.1 Å². The van der Waals surface area contributed by atoms with Crippen molar-refractivity contribution in [3.8, 4) is 0 Å². The van der Waals surface area contributed by atoms with E-state index < -0.39 is 11.8 Å². The van der Waals surface area contributed by atoms with Crippen LogP contribution in [0, 0.1) is 0 Å². The standard InChI is InChI=1S/C23H17Cl2N3O3/c24-12-2-4-18-14(8-12)16(10-26-18)20-21(23(31)27-22(20)30)17-11-28(6-1-7-29)19-5-3-13(25)9-15(17)19/h2-5,8-11,26,29H,1,6-7H2,(H,27,30,31). The second kappa shape index (κ2) is 7.57. The zero-order valence-corrected chi connectivity index (χ0v) is 17.7. The number of carbonyl (C=O) groups excluding carboxylic acids is 2. The highest BCUT2D eigenvalue weighted by atomic mass is 35.5. The zero-order valence-electron chi connectivity index (χ0n) is 16.2. The molecule has 156 valence electrons. The van der Waals surface area contributed by atoms with Gasteiger partial charge in [-0.2, -0.15) is 0 Å². The first-order chi connectivity index (χ1) is 15.0. The third kappa shape index (κ3) is 3.24. The normalized spacial score (nSPS) is 14.3. The Morgan fingerprint density at radius 2 is 1.58 bits per heavy atom. The Kier molecular flexibility index (Phi) is 4.85. The molecule has 0 bridgehead atoms. The topological polar surface area (TPSA) is 87.1 Å². The Morgan fingerprint density at radius 1 is 0.903 bits per heavy atom. The van der Waals surface area contributed by atoms with Crippen LogP contribution in [0.1, 0.15) is 17.5 Å². The number of hydrogen-bond donors (Lipinski definition) is 3. The van der Waals surface area contributed by atoms with Crippen molar-refractivity contribution < 1.29 is 14.7 Å². The first kappa shape index (κ1) is 19.9. The van der Waals surface area contributed by atoms with Gasteiger partial charge in [0.1, 0.15) is 0 Å².